The maximum absolute atomic E-state index is 6.33. The molecule has 2 heterocycles. The van der Waals surface area contributed by atoms with Gasteiger partial charge in [-0.05, 0) is 25.3 Å². The van der Waals surface area contributed by atoms with Gasteiger partial charge in [-0.2, -0.15) is 0 Å². The van der Waals surface area contributed by atoms with Crippen molar-refractivity contribution < 1.29 is 9.47 Å². The van der Waals surface area contributed by atoms with Crippen molar-refractivity contribution in [1.82, 2.24) is 0 Å². The highest BCUT2D eigenvalue weighted by Crippen LogP contribution is 2.37. The smallest absolute Gasteiger partial charge is 0.127 e. The number of nitrogens with two attached hydrogens (primary N) is 1. The molecule has 2 N–H and O–H groups in total. The largest absolute Gasteiger partial charge is 0.493 e. The second-order valence-corrected chi connectivity index (χ2v) is 5.02. The van der Waals surface area contributed by atoms with Crippen LogP contribution in [0.3, 0.4) is 0 Å². The highest BCUT2D eigenvalue weighted by molar-refractivity contribution is 5.45. The molecule has 3 heteroatoms. The van der Waals surface area contributed by atoms with E-state index in [-0.39, 0.29) is 12.1 Å². The predicted molar refractivity (Wildman–Crippen MR) is 66.1 cm³/mol. The standard InChI is InChI=1S/C14H19NO2/c1-9-5-6-12(17-9)13(15)11-4-2-3-10-7-8-16-14(10)11/h2-4,9,12-13H,5-8,15H2,1H3. The van der Waals surface area contributed by atoms with Gasteiger partial charge in [0.15, 0.2) is 0 Å². The fourth-order valence-electron chi connectivity index (χ4n) is 2.80. The molecule has 2 aliphatic heterocycles. The molecule has 0 aliphatic carbocycles. The van der Waals surface area contributed by atoms with Crippen LogP contribution in [0.5, 0.6) is 5.75 Å². The van der Waals surface area contributed by atoms with Crippen molar-refractivity contribution in [3.05, 3.63) is 29.3 Å². The number of benzene rings is 1. The van der Waals surface area contributed by atoms with Crippen molar-refractivity contribution in [2.75, 3.05) is 6.61 Å². The summed E-state index contributed by atoms with van der Waals surface area (Å²) < 4.78 is 11.6. The summed E-state index contributed by atoms with van der Waals surface area (Å²) in [5.41, 5.74) is 8.72. The van der Waals surface area contributed by atoms with Gasteiger partial charge in [-0.15, -0.1) is 0 Å². The molecule has 1 aromatic rings. The highest BCUT2D eigenvalue weighted by atomic mass is 16.5. The first-order chi connectivity index (χ1) is 8.25. The number of fused-ring (bicyclic) bond motifs is 1. The molecule has 0 spiro atoms. The zero-order chi connectivity index (χ0) is 11.8. The normalized spacial score (nSPS) is 28.8. The van der Waals surface area contributed by atoms with E-state index in [2.05, 4.69) is 25.1 Å². The number of para-hydroxylation sites is 1. The number of ether oxygens (including phenoxy) is 2. The number of hydrogen-bond donors (Lipinski definition) is 1. The third-order valence-electron chi connectivity index (χ3n) is 3.77. The van der Waals surface area contributed by atoms with Gasteiger partial charge >= 0.3 is 0 Å². The molecule has 0 radical (unpaired) electrons. The second kappa shape index (κ2) is 4.31. The first-order valence-corrected chi connectivity index (χ1v) is 6.41. The summed E-state index contributed by atoms with van der Waals surface area (Å²) >= 11 is 0. The Balaban J connectivity index is 1.86. The topological polar surface area (TPSA) is 44.5 Å². The maximum Gasteiger partial charge on any atom is 0.127 e. The van der Waals surface area contributed by atoms with Gasteiger partial charge in [0.05, 0.1) is 24.9 Å². The molecular formula is C14H19NO2. The van der Waals surface area contributed by atoms with Gasteiger partial charge in [0.2, 0.25) is 0 Å². The summed E-state index contributed by atoms with van der Waals surface area (Å²) in [4.78, 5) is 0. The van der Waals surface area contributed by atoms with Crippen LogP contribution < -0.4 is 10.5 Å². The lowest BCUT2D eigenvalue weighted by Crippen LogP contribution is -2.26. The van der Waals surface area contributed by atoms with Gasteiger partial charge in [0.25, 0.3) is 0 Å². The molecule has 0 saturated carbocycles. The second-order valence-electron chi connectivity index (χ2n) is 5.02. The summed E-state index contributed by atoms with van der Waals surface area (Å²) in [6.07, 6.45) is 3.63. The molecule has 92 valence electrons. The van der Waals surface area contributed by atoms with Crippen molar-refractivity contribution in [2.24, 2.45) is 5.73 Å². The molecule has 0 amide bonds. The monoisotopic (exact) mass is 233 g/mol. The van der Waals surface area contributed by atoms with E-state index in [4.69, 9.17) is 15.2 Å². The SMILES string of the molecule is CC1CCC(C(N)c2cccc3c2OCC3)O1. The van der Waals surface area contributed by atoms with Crippen LogP contribution >= 0.6 is 0 Å². The Labute approximate surface area is 102 Å². The molecule has 0 bridgehead atoms. The molecule has 3 rings (SSSR count). The quantitative estimate of drug-likeness (QED) is 0.851. The van der Waals surface area contributed by atoms with Crippen molar-refractivity contribution in [3.63, 3.8) is 0 Å². The average Bonchev–Trinajstić information content (AvgIpc) is 2.95. The number of hydrogen-bond acceptors (Lipinski definition) is 3. The first-order valence-electron chi connectivity index (χ1n) is 6.41. The van der Waals surface area contributed by atoms with Gasteiger partial charge in [-0.1, -0.05) is 18.2 Å². The Morgan fingerprint density at radius 1 is 1.35 bits per heavy atom. The van der Waals surface area contributed by atoms with Crippen molar-refractivity contribution >= 4 is 0 Å². The minimum atomic E-state index is -0.0620. The van der Waals surface area contributed by atoms with E-state index in [1.54, 1.807) is 0 Å². The first kappa shape index (κ1) is 11.1. The van der Waals surface area contributed by atoms with Crippen molar-refractivity contribution in [2.45, 2.75) is 44.4 Å². The average molecular weight is 233 g/mol. The molecule has 3 nitrogen and oxygen atoms in total. The van der Waals surface area contributed by atoms with Crippen molar-refractivity contribution in [1.29, 1.82) is 0 Å². The fourth-order valence-corrected chi connectivity index (χ4v) is 2.80. The van der Waals surface area contributed by atoms with Crippen LogP contribution in [0.1, 0.15) is 36.9 Å². The molecular weight excluding hydrogens is 214 g/mol. The van der Waals surface area contributed by atoms with Gasteiger partial charge in [0, 0.05) is 12.0 Å². The molecule has 2 aliphatic rings. The summed E-state index contributed by atoms with van der Waals surface area (Å²) in [6, 6.07) is 6.20. The molecule has 1 saturated heterocycles. The van der Waals surface area contributed by atoms with Crippen LogP contribution in [0.2, 0.25) is 0 Å². The third-order valence-corrected chi connectivity index (χ3v) is 3.77. The van der Waals surface area contributed by atoms with Gasteiger partial charge in [-0.3, -0.25) is 0 Å². The van der Waals surface area contributed by atoms with E-state index in [9.17, 15) is 0 Å². The lowest BCUT2D eigenvalue weighted by atomic mass is 9.97. The van der Waals surface area contributed by atoms with Crippen LogP contribution in [0.15, 0.2) is 18.2 Å². The Morgan fingerprint density at radius 2 is 2.24 bits per heavy atom. The Kier molecular flexibility index (Phi) is 2.81. The molecule has 1 aromatic carbocycles. The predicted octanol–water partition coefficient (Wildman–Crippen LogP) is 2.19. The van der Waals surface area contributed by atoms with Gasteiger partial charge < -0.3 is 15.2 Å². The minimum absolute atomic E-state index is 0.0620. The molecule has 3 unspecified atom stereocenters. The minimum Gasteiger partial charge on any atom is -0.493 e. The van der Waals surface area contributed by atoms with Crippen molar-refractivity contribution in [3.8, 4) is 5.75 Å². The summed E-state index contributed by atoms with van der Waals surface area (Å²) in [5.74, 6) is 1.00. The van der Waals surface area contributed by atoms with Crippen LogP contribution in [0.4, 0.5) is 0 Å². The Morgan fingerprint density at radius 3 is 3.00 bits per heavy atom. The fraction of sp³-hybridized carbons (Fsp3) is 0.571. The Hall–Kier alpha value is -1.06. The zero-order valence-electron chi connectivity index (χ0n) is 10.2. The van der Waals surface area contributed by atoms with E-state index in [0.29, 0.717) is 6.10 Å². The maximum atomic E-state index is 6.33. The molecule has 1 fully saturated rings. The molecule has 0 aromatic heterocycles. The molecule has 3 atom stereocenters. The third kappa shape index (κ3) is 1.94. The van der Waals surface area contributed by atoms with E-state index < -0.39 is 0 Å². The highest BCUT2D eigenvalue weighted by Gasteiger charge is 2.31. The van der Waals surface area contributed by atoms with E-state index in [1.807, 2.05) is 0 Å². The van der Waals surface area contributed by atoms with E-state index in [0.717, 1.165) is 37.2 Å². The summed E-state index contributed by atoms with van der Waals surface area (Å²) in [5, 5.41) is 0. The van der Waals surface area contributed by atoms with Crippen LogP contribution in [0.25, 0.3) is 0 Å². The zero-order valence-corrected chi connectivity index (χ0v) is 10.2. The lowest BCUT2D eigenvalue weighted by molar-refractivity contribution is 0.0396. The number of rotatable bonds is 2. The lowest BCUT2D eigenvalue weighted by Gasteiger charge is -2.21. The van der Waals surface area contributed by atoms with Crippen LogP contribution in [0, 0.1) is 0 Å². The van der Waals surface area contributed by atoms with E-state index >= 15 is 0 Å². The van der Waals surface area contributed by atoms with Crippen LogP contribution in [-0.2, 0) is 11.2 Å². The molecule has 17 heavy (non-hydrogen) atoms. The van der Waals surface area contributed by atoms with Crippen LogP contribution in [-0.4, -0.2) is 18.8 Å². The summed E-state index contributed by atoms with van der Waals surface area (Å²) in [7, 11) is 0. The Bertz CT molecular complexity index is 419. The van der Waals surface area contributed by atoms with Gasteiger partial charge in [0.1, 0.15) is 5.75 Å². The van der Waals surface area contributed by atoms with Gasteiger partial charge in [-0.25, -0.2) is 0 Å². The summed E-state index contributed by atoms with van der Waals surface area (Å²) in [6.45, 7) is 2.89. The van der Waals surface area contributed by atoms with E-state index in [1.165, 1.54) is 5.56 Å².